The van der Waals surface area contributed by atoms with Crippen molar-refractivity contribution in [2.24, 2.45) is 0 Å². The Morgan fingerprint density at radius 2 is 2.31 bits per heavy atom. The van der Waals surface area contributed by atoms with Gasteiger partial charge in [-0.05, 0) is 19.3 Å². The lowest BCUT2D eigenvalue weighted by atomic mass is 10.1. The van der Waals surface area contributed by atoms with Crippen molar-refractivity contribution in [3.8, 4) is 0 Å². The van der Waals surface area contributed by atoms with Crippen LogP contribution in [0.5, 0.6) is 0 Å². The normalized spacial score (nSPS) is 12.2. The van der Waals surface area contributed by atoms with E-state index in [1.807, 2.05) is 0 Å². The quantitative estimate of drug-likeness (QED) is 0.373. The summed E-state index contributed by atoms with van der Waals surface area (Å²) in [4.78, 5) is 10.7. The molecule has 0 aliphatic carbocycles. The van der Waals surface area contributed by atoms with E-state index in [1.54, 1.807) is 6.08 Å². The highest BCUT2D eigenvalue weighted by molar-refractivity contribution is 5.68. The Hall–Kier alpha value is -0.830. The molecule has 3 heteroatoms. The second kappa shape index (κ2) is 7.80. The fourth-order valence-corrected chi connectivity index (χ4v) is 1.06. The molecule has 0 aliphatic heterocycles. The Balaban J connectivity index is 3.24. The van der Waals surface area contributed by atoms with Crippen LogP contribution in [0.4, 0.5) is 0 Å². The Kier molecular flexibility index (Phi) is 7.30. The number of rotatable bonds is 7. The van der Waals surface area contributed by atoms with Crippen molar-refractivity contribution >= 4 is 5.97 Å². The van der Waals surface area contributed by atoms with Crippen LogP contribution in [0.25, 0.3) is 0 Å². The molecule has 0 aromatic heterocycles. The molecule has 76 valence electrons. The molecule has 0 unspecified atom stereocenters. The predicted molar refractivity (Wildman–Crippen MR) is 51.3 cm³/mol. The Morgan fingerprint density at radius 3 is 2.85 bits per heavy atom. The molecular formula is C10H18O3. The van der Waals surface area contributed by atoms with E-state index >= 15 is 0 Å². The SMILES string of the molecule is C=CC[C@H](O)CCCCC(=O)OC. The first-order chi connectivity index (χ1) is 6.20. The van der Waals surface area contributed by atoms with Crippen LogP contribution in [0.3, 0.4) is 0 Å². The second-order valence-electron chi connectivity index (χ2n) is 3.00. The molecule has 0 fully saturated rings. The van der Waals surface area contributed by atoms with Gasteiger partial charge in [-0.1, -0.05) is 12.5 Å². The van der Waals surface area contributed by atoms with E-state index in [-0.39, 0.29) is 12.1 Å². The zero-order valence-corrected chi connectivity index (χ0v) is 8.16. The van der Waals surface area contributed by atoms with Gasteiger partial charge in [0, 0.05) is 6.42 Å². The van der Waals surface area contributed by atoms with Crippen LogP contribution in [0.15, 0.2) is 12.7 Å². The maximum atomic E-state index is 10.7. The molecular weight excluding hydrogens is 168 g/mol. The minimum atomic E-state index is -0.310. The maximum Gasteiger partial charge on any atom is 0.305 e. The standard InChI is InChI=1S/C10H18O3/c1-3-6-9(11)7-4-5-8-10(12)13-2/h3,9,11H,1,4-8H2,2H3/t9-/m0/s1. The Labute approximate surface area is 79.4 Å². The van der Waals surface area contributed by atoms with Crippen LogP contribution in [0.1, 0.15) is 32.1 Å². The molecule has 0 saturated carbocycles. The predicted octanol–water partition coefficient (Wildman–Crippen LogP) is 1.66. The largest absolute Gasteiger partial charge is 0.469 e. The molecule has 1 N–H and O–H groups in total. The third kappa shape index (κ3) is 7.53. The molecule has 0 radical (unpaired) electrons. The summed E-state index contributed by atoms with van der Waals surface area (Å²) in [6.07, 6.45) is 4.81. The van der Waals surface area contributed by atoms with Gasteiger partial charge in [0.15, 0.2) is 0 Å². The van der Waals surface area contributed by atoms with Gasteiger partial charge in [0.05, 0.1) is 13.2 Å². The number of carbonyl (C=O) groups excluding carboxylic acids is 1. The van der Waals surface area contributed by atoms with Crippen molar-refractivity contribution in [3.63, 3.8) is 0 Å². The van der Waals surface area contributed by atoms with E-state index in [4.69, 9.17) is 0 Å². The number of hydrogen-bond acceptors (Lipinski definition) is 3. The molecule has 0 aromatic rings. The van der Waals surface area contributed by atoms with Crippen LogP contribution in [0, 0.1) is 0 Å². The highest BCUT2D eigenvalue weighted by Gasteiger charge is 2.03. The highest BCUT2D eigenvalue weighted by Crippen LogP contribution is 2.07. The first kappa shape index (κ1) is 12.2. The lowest BCUT2D eigenvalue weighted by Gasteiger charge is -2.06. The first-order valence-electron chi connectivity index (χ1n) is 4.56. The van der Waals surface area contributed by atoms with E-state index in [9.17, 15) is 9.90 Å². The Morgan fingerprint density at radius 1 is 1.62 bits per heavy atom. The van der Waals surface area contributed by atoms with Gasteiger partial charge in [-0.3, -0.25) is 4.79 Å². The Bertz CT molecular complexity index is 154. The smallest absolute Gasteiger partial charge is 0.305 e. The van der Waals surface area contributed by atoms with Crippen molar-refractivity contribution < 1.29 is 14.6 Å². The van der Waals surface area contributed by atoms with Crippen molar-refractivity contribution in [1.29, 1.82) is 0 Å². The van der Waals surface area contributed by atoms with E-state index in [2.05, 4.69) is 11.3 Å². The summed E-state index contributed by atoms with van der Waals surface area (Å²) in [6.45, 7) is 3.54. The summed E-state index contributed by atoms with van der Waals surface area (Å²) in [7, 11) is 1.38. The fourth-order valence-electron chi connectivity index (χ4n) is 1.06. The van der Waals surface area contributed by atoms with Gasteiger partial charge in [0.2, 0.25) is 0 Å². The molecule has 0 aliphatic rings. The molecule has 3 nitrogen and oxygen atoms in total. The molecule has 0 spiro atoms. The third-order valence-electron chi connectivity index (χ3n) is 1.83. The second-order valence-corrected chi connectivity index (χ2v) is 3.00. The summed E-state index contributed by atoms with van der Waals surface area (Å²) < 4.78 is 4.49. The van der Waals surface area contributed by atoms with Gasteiger partial charge >= 0.3 is 5.97 Å². The molecule has 0 amide bonds. The van der Waals surface area contributed by atoms with E-state index in [0.717, 1.165) is 19.3 Å². The van der Waals surface area contributed by atoms with Gasteiger partial charge in [-0.2, -0.15) is 0 Å². The number of unbranched alkanes of at least 4 members (excludes halogenated alkanes) is 1. The van der Waals surface area contributed by atoms with Crippen LogP contribution in [0.2, 0.25) is 0 Å². The van der Waals surface area contributed by atoms with Crippen LogP contribution < -0.4 is 0 Å². The lowest BCUT2D eigenvalue weighted by Crippen LogP contribution is -2.05. The lowest BCUT2D eigenvalue weighted by molar-refractivity contribution is -0.140. The minimum Gasteiger partial charge on any atom is -0.469 e. The number of hydrogen-bond donors (Lipinski definition) is 1. The maximum absolute atomic E-state index is 10.7. The monoisotopic (exact) mass is 186 g/mol. The third-order valence-corrected chi connectivity index (χ3v) is 1.83. The number of carbonyl (C=O) groups is 1. The zero-order chi connectivity index (χ0) is 10.1. The number of methoxy groups -OCH3 is 1. The summed E-state index contributed by atoms with van der Waals surface area (Å²) in [5.74, 6) is -0.182. The van der Waals surface area contributed by atoms with Gasteiger partial charge in [-0.15, -0.1) is 6.58 Å². The number of ether oxygens (including phenoxy) is 1. The molecule has 0 rings (SSSR count). The van der Waals surface area contributed by atoms with Gasteiger partial charge < -0.3 is 9.84 Å². The van der Waals surface area contributed by atoms with Gasteiger partial charge in [0.25, 0.3) is 0 Å². The van der Waals surface area contributed by atoms with Crippen LogP contribution >= 0.6 is 0 Å². The van der Waals surface area contributed by atoms with Crippen molar-refractivity contribution in [2.75, 3.05) is 7.11 Å². The summed E-state index contributed by atoms with van der Waals surface area (Å²) >= 11 is 0. The average Bonchev–Trinajstić information content (AvgIpc) is 2.12. The molecule has 0 heterocycles. The van der Waals surface area contributed by atoms with E-state index in [0.29, 0.717) is 12.8 Å². The minimum absolute atomic E-state index is 0.182. The molecule has 0 aromatic carbocycles. The summed E-state index contributed by atoms with van der Waals surface area (Å²) in [6, 6.07) is 0. The van der Waals surface area contributed by atoms with Crippen LogP contribution in [-0.4, -0.2) is 24.3 Å². The summed E-state index contributed by atoms with van der Waals surface area (Å²) in [5.41, 5.74) is 0. The first-order valence-corrected chi connectivity index (χ1v) is 4.56. The number of esters is 1. The van der Waals surface area contributed by atoms with Gasteiger partial charge in [0.1, 0.15) is 0 Å². The van der Waals surface area contributed by atoms with E-state index < -0.39 is 0 Å². The molecule has 0 saturated heterocycles. The fraction of sp³-hybridized carbons (Fsp3) is 0.700. The van der Waals surface area contributed by atoms with Gasteiger partial charge in [-0.25, -0.2) is 0 Å². The molecule has 13 heavy (non-hydrogen) atoms. The number of aliphatic hydroxyl groups is 1. The summed E-state index contributed by atoms with van der Waals surface area (Å²) in [5, 5.41) is 9.28. The van der Waals surface area contributed by atoms with Crippen molar-refractivity contribution in [1.82, 2.24) is 0 Å². The highest BCUT2D eigenvalue weighted by atomic mass is 16.5. The topological polar surface area (TPSA) is 46.5 Å². The van der Waals surface area contributed by atoms with Crippen molar-refractivity contribution in [3.05, 3.63) is 12.7 Å². The van der Waals surface area contributed by atoms with Crippen molar-refractivity contribution in [2.45, 2.75) is 38.2 Å². The molecule has 1 atom stereocenters. The van der Waals surface area contributed by atoms with E-state index in [1.165, 1.54) is 7.11 Å². The molecule has 0 bridgehead atoms. The number of aliphatic hydroxyl groups excluding tert-OH is 1. The zero-order valence-electron chi connectivity index (χ0n) is 8.16. The average molecular weight is 186 g/mol. The van der Waals surface area contributed by atoms with Crippen LogP contribution in [-0.2, 0) is 9.53 Å².